The molecular weight excluding hydrogens is 182 g/mol. The molecular formula is C9H13N3O2. The van der Waals surface area contributed by atoms with Crippen LogP contribution in [0.25, 0.3) is 0 Å². The van der Waals surface area contributed by atoms with Crippen molar-refractivity contribution < 1.29 is 9.90 Å². The van der Waals surface area contributed by atoms with Crippen molar-refractivity contribution in [1.82, 2.24) is 9.47 Å². The van der Waals surface area contributed by atoms with E-state index in [4.69, 9.17) is 0 Å². The fraction of sp³-hybridized carbons (Fsp3) is 0.444. The van der Waals surface area contributed by atoms with E-state index in [1.54, 1.807) is 23.6 Å². The first-order valence-corrected chi connectivity index (χ1v) is 4.37. The molecule has 0 aromatic carbocycles. The van der Waals surface area contributed by atoms with Gasteiger partial charge in [0, 0.05) is 27.3 Å². The van der Waals surface area contributed by atoms with Crippen molar-refractivity contribution in [3.8, 4) is 0 Å². The third kappa shape index (κ3) is 0.957. The minimum absolute atomic E-state index is 0.155. The van der Waals surface area contributed by atoms with E-state index in [0.29, 0.717) is 5.69 Å². The molecule has 1 aromatic rings. The normalized spacial score (nSPS) is 21.4. The molecule has 0 bridgehead atoms. The van der Waals surface area contributed by atoms with E-state index in [1.807, 2.05) is 19.3 Å². The number of hydrogen-bond acceptors (Lipinski definition) is 3. The monoisotopic (exact) mass is 195 g/mol. The fourth-order valence-electron chi connectivity index (χ4n) is 1.72. The molecule has 14 heavy (non-hydrogen) atoms. The van der Waals surface area contributed by atoms with Gasteiger partial charge in [0.25, 0.3) is 5.91 Å². The maximum atomic E-state index is 11.8. The highest BCUT2D eigenvalue weighted by Gasteiger charge is 2.33. The minimum atomic E-state index is -0.877. The summed E-state index contributed by atoms with van der Waals surface area (Å²) in [7, 11) is 5.15. The van der Waals surface area contributed by atoms with Gasteiger partial charge in [0.2, 0.25) is 6.35 Å². The first-order chi connectivity index (χ1) is 6.54. The second-order valence-electron chi connectivity index (χ2n) is 3.53. The van der Waals surface area contributed by atoms with Crippen LogP contribution in [-0.4, -0.2) is 40.9 Å². The molecule has 0 spiro atoms. The van der Waals surface area contributed by atoms with Gasteiger partial charge < -0.3 is 14.6 Å². The van der Waals surface area contributed by atoms with Crippen LogP contribution in [0.1, 0.15) is 10.5 Å². The molecule has 1 amide bonds. The standard InChI is InChI=1S/C9H13N3O2/c1-10-5-4-6-7(10)8(13)12(3)9(14)11(6)2/h4-5,9,14H,1-3H3. The van der Waals surface area contributed by atoms with Crippen LogP contribution in [0.5, 0.6) is 0 Å². The van der Waals surface area contributed by atoms with E-state index in [-0.39, 0.29) is 5.91 Å². The Morgan fingerprint density at radius 2 is 1.93 bits per heavy atom. The Balaban J connectivity index is 2.59. The van der Waals surface area contributed by atoms with Crippen molar-refractivity contribution in [2.45, 2.75) is 6.35 Å². The Hall–Kier alpha value is -1.49. The number of nitrogens with zero attached hydrogens (tertiary/aromatic N) is 3. The first-order valence-electron chi connectivity index (χ1n) is 4.37. The van der Waals surface area contributed by atoms with Crippen LogP contribution < -0.4 is 4.90 Å². The smallest absolute Gasteiger partial charge is 0.275 e. The Bertz CT molecular complexity index is 385. The van der Waals surface area contributed by atoms with Gasteiger partial charge in [0.05, 0.1) is 5.69 Å². The SMILES string of the molecule is CN1C(=O)c2c(ccn2C)N(C)C1O. The van der Waals surface area contributed by atoms with Crippen molar-refractivity contribution >= 4 is 11.6 Å². The molecule has 1 atom stereocenters. The van der Waals surface area contributed by atoms with Crippen LogP contribution in [0.15, 0.2) is 12.3 Å². The average Bonchev–Trinajstić information content (AvgIpc) is 2.54. The topological polar surface area (TPSA) is 48.7 Å². The van der Waals surface area contributed by atoms with Gasteiger partial charge in [-0.05, 0) is 6.07 Å². The number of amides is 1. The Labute approximate surface area is 82.1 Å². The zero-order valence-corrected chi connectivity index (χ0v) is 8.43. The summed E-state index contributed by atoms with van der Waals surface area (Å²) in [6.45, 7) is 0. The maximum absolute atomic E-state index is 11.8. The summed E-state index contributed by atoms with van der Waals surface area (Å²) in [4.78, 5) is 14.7. The van der Waals surface area contributed by atoms with E-state index in [1.165, 1.54) is 4.90 Å². The average molecular weight is 195 g/mol. The lowest BCUT2D eigenvalue weighted by molar-refractivity contribution is 0.0157. The molecule has 1 unspecified atom stereocenters. The van der Waals surface area contributed by atoms with Crippen molar-refractivity contribution in [3.63, 3.8) is 0 Å². The zero-order chi connectivity index (χ0) is 10.5. The summed E-state index contributed by atoms with van der Waals surface area (Å²) < 4.78 is 1.76. The molecule has 1 aromatic heterocycles. The largest absolute Gasteiger partial charge is 0.356 e. The summed E-state index contributed by atoms with van der Waals surface area (Å²) >= 11 is 0. The van der Waals surface area contributed by atoms with Crippen molar-refractivity contribution in [2.24, 2.45) is 7.05 Å². The van der Waals surface area contributed by atoms with Gasteiger partial charge in [-0.2, -0.15) is 0 Å². The number of aliphatic hydroxyl groups excluding tert-OH is 1. The predicted octanol–water partition coefficient (Wildman–Crippen LogP) is -0.177. The number of anilines is 1. The molecule has 2 rings (SSSR count). The minimum Gasteiger partial charge on any atom is -0.356 e. The van der Waals surface area contributed by atoms with E-state index in [0.717, 1.165) is 5.69 Å². The van der Waals surface area contributed by atoms with Gasteiger partial charge in [-0.1, -0.05) is 0 Å². The van der Waals surface area contributed by atoms with E-state index in [2.05, 4.69) is 0 Å². The van der Waals surface area contributed by atoms with Crippen LogP contribution in [0.3, 0.4) is 0 Å². The lowest BCUT2D eigenvalue weighted by Gasteiger charge is -2.37. The highest BCUT2D eigenvalue weighted by atomic mass is 16.3. The second-order valence-corrected chi connectivity index (χ2v) is 3.53. The number of fused-ring (bicyclic) bond motifs is 1. The van der Waals surface area contributed by atoms with Gasteiger partial charge in [-0.25, -0.2) is 0 Å². The maximum Gasteiger partial charge on any atom is 0.275 e. The second kappa shape index (κ2) is 2.75. The molecule has 1 aliphatic heterocycles. The molecule has 5 nitrogen and oxygen atoms in total. The zero-order valence-electron chi connectivity index (χ0n) is 8.43. The molecule has 0 fully saturated rings. The van der Waals surface area contributed by atoms with Crippen LogP contribution in [-0.2, 0) is 7.05 Å². The Morgan fingerprint density at radius 1 is 1.29 bits per heavy atom. The van der Waals surface area contributed by atoms with Crippen LogP contribution in [0.2, 0.25) is 0 Å². The molecule has 1 aliphatic rings. The fourth-order valence-corrected chi connectivity index (χ4v) is 1.72. The predicted molar refractivity (Wildman–Crippen MR) is 51.9 cm³/mol. The van der Waals surface area contributed by atoms with Crippen molar-refractivity contribution in [2.75, 3.05) is 19.0 Å². The molecule has 1 N–H and O–H groups in total. The lowest BCUT2D eigenvalue weighted by atomic mass is 10.2. The number of carbonyl (C=O) groups excluding carboxylic acids is 1. The van der Waals surface area contributed by atoms with Crippen LogP contribution in [0.4, 0.5) is 5.69 Å². The number of carbonyl (C=O) groups is 1. The highest BCUT2D eigenvalue weighted by Crippen LogP contribution is 2.28. The number of rotatable bonds is 0. The van der Waals surface area contributed by atoms with Gasteiger partial charge in [-0.3, -0.25) is 9.69 Å². The lowest BCUT2D eigenvalue weighted by Crippen LogP contribution is -2.52. The third-order valence-corrected chi connectivity index (χ3v) is 2.65. The molecule has 2 heterocycles. The van der Waals surface area contributed by atoms with Crippen molar-refractivity contribution in [1.29, 1.82) is 0 Å². The number of aromatic nitrogens is 1. The Morgan fingerprint density at radius 3 is 2.57 bits per heavy atom. The van der Waals surface area contributed by atoms with Gasteiger partial charge in [0.1, 0.15) is 5.69 Å². The van der Waals surface area contributed by atoms with Crippen molar-refractivity contribution in [3.05, 3.63) is 18.0 Å². The van der Waals surface area contributed by atoms with E-state index >= 15 is 0 Å². The molecule has 0 aliphatic carbocycles. The van der Waals surface area contributed by atoms with Crippen LogP contribution in [0, 0.1) is 0 Å². The van der Waals surface area contributed by atoms with E-state index < -0.39 is 6.35 Å². The molecule has 0 radical (unpaired) electrons. The number of aliphatic hydroxyl groups is 1. The summed E-state index contributed by atoms with van der Waals surface area (Å²) in [5.41, 5.74) is 1.38. The quantitative estimate of drug-likeness (QED) is 0.625. The Kier molecular flexibility index (Phi) is 1.78. The number of aryl methyl sites for hydroxylation is 1. The summed E-state index contributed by atoms with van der Waals surface area (Å²) in [6.07, 6.45) is 0.933. The molecule has 0 saturated heterocycles. The molecule has 0 saturated carbocycles. The highest BCUT2D eigenvalue weighted by molar-refractivity contribution is 6.00. The summed E-state index contributed by atoms with van der Waals surface area (Å²) in [5, 5.41) is 9.69. The van der Waals surface area contributed by atoms with Crippen LogP contribution >= 0.6 is 0 Å². The first kappa shape index (κ1) is 9.08. The van der Waals surface area contributed by atoms with E-state index in [9.17, 15) is 9.90 Å². The summed E-state index contributed by atoms with van der Waals surface area (Å²) in [5.74, 6) is -0.155. The molecule has 5 heteroatoms. The number of hydrogen-bond donors (Lipinski definition) is 1. The van der Waals surface area contributed by atoms with Gasteiger partial charge in [-0.15, -0.1) is 0 Å². The van der Waals surface area contributed by atoms with Gasteiger partial charge in [0.15, 0.2) is 0 Å². The summed E-state index contributed by atoms with van der Waals surface area (Å²) in [6, 6.07) is 1.82. The third-order valence-electron chi connectivity index (χ3n) is 2.65. The van der Waals surface area contributed by atoms with Gasteiger partial charge >= 0.3 is 0 Å². The molecule has 76 valence electrons.